The molecule has 2 amide bonds. The average Bonchev–Trinajstić information content (AvgIpc) is 3.09. The second kappa shape index (κ2) is 7.69. The van der Waals surface area contributed by atoms with Crippen molar-refractivity contribution < 1.29 is 14.3 Å². The molecule has 2 fully saturated rings. The van der Waals surface area contributed by atoms with Crippen LogP contribution in [0.2, 0.25) is 0 Å². The minimum Gasteiger partial charge on any atom is -0.494 e. The zero-order valence-corrected chi connectivity index (χ0v) is 16.4. The van der Waals surface area contributed by atoms with E-state index in [1.54, 1.807) is 4.90 Å². The van der Waals surface area contributed by atoms with E-state index in [4.69, 9.17) is 4.74 Å². The zero-order chi connectivity index (χ0) is 19.7. The van der Waals surface area contributed by atoms with E-state index in [1.807, 2.05) is 38.1 Å². The number of hydrazone groups is 1. The summed E-state index contributed by atoms with van der Waals surface area (Å²) >= 11 is 0. The van der Waals surface area contributed by atoms with Crippen molar-refractivity contribution in [3.63, 3.8) is 0 Å². The Labute approximate surface area is 164 Å². The molecule has 3 atom stereocenters. The average molecular weight is 385 g/mol. The molecular weight excluding hydrogens is 358 g/mol. The van der Waals surface area contributed by atoms with Gasteiger partial charge in [-0.1, -0.05) is 12.8 Å². The fourth-order valence-corrected chi connectivity index (χ4v) is 4.52. The number of benzene rings is 1. The van der Waals surface area contributed by atoms with Gasteiger partial charge in [0, 0.05) is 5.69 Å². The molecule has 0 radical (unpaired) electrons. The Morgan fingerprint density at radius 3 is 2.68 bits per heavy atom. The van der Waals surface area contributed by atoms with Crippen molar-refractivity contribution in [1.29, 1.82) is 0 Å². The third kappa shape index (κ3) is 3.39. The maximum atomic E-state index is 13.1. The zero-order valence-electron chi connectivity index (χ0n) is 16.4. The van der Waals surface area contributed by atoms with Crippen molar-refractivity contribution in [2.24, 2.45) is 5.10 Å². The van der Waals surface area contributed by atoms with Gasteiger partial charge in [0.15, 0.2) is 6.17 Å². The van der Waals surface area contributed by atoms with E-state index in [0.29, 0.717) is 12.3 Å². The van der Waals surface area contributed by atoms with Gasteiger partial charge in [-0.3, -0.25) is 15.0 Å². The fraction of sp³-hybridized carbons (Fsp3) is 0.550. The first-order chi connectivity index (χ1) is 13.6. The molecule has 0 spiro atoms. The van der Waals surface area contributed by atoms with Crippen molar-refractivity contribution >= 4 is 23.3 Å². The van der Waals surface area contributed by atoms with Crippen molar-refractivity contribution in [3.05, 3.63) is 24.3 Å². The SMILES string of the molecule is CCOc1ccc(NC(=O)CN2C(=O)C3NN=C(C)N3C3CCCCC32)cc1. The molecule has 1 aromatic rings. The molecule has 1 saturated carbocycles. The number of amidine groups is 1. The predicted octanol–water partition coefficient (Wildman–Crippen LogP) is 1.74. The summed E-state index contributed by atoms with van der Waals surface area (Å²) in [5.74, 6) is 1.35. The van der Waals surface area contributed by atoms with Gasteiger partial charge in [0.25, 0.3) is 5.91 Å². The highest BCUT2D eigenvalue weighted by atomic mass is 16.5. The maximum absolute atomic E-state index is 13.1. The van der Waals surface area contributed by atoms with Crippen molar-refractivity contribution in [3.8, 4) is 5.75 Å². The van der Waals surface area contributed by atoms with Crippen LogP contribution in [-0.2, 0) is 9.59 Å². The Kier molecular flexibility index (Phi) is 5.11. The highest BCUT2D eigenvalue weighted by Crippen LogP contribution is 2.34. The molecule has 8 nitrogen and oxygen atoms in total. The van der Waals surface area contributed by atoms with Crippen molar-refractivity contribution in [2.45, 2.75) is 57.8 Å². The van der Waals surface area contributed by atoms with E-state index in [0.717, 1.165) is 37.3 Å². The van der Waals surface area contributed by atoms with Gasteiger partial charge in [0.05, 0.1) is 18.7 Å². The third-order valence-corrected chi connectivity index (χ3v) is 5.73. The number of carbonyl (C=O) groups is 2. The summed E-state index contributed by atoms with van der Waals surface area (Å²) in [4.78, 5) is 29.6. The number of carbonyl (C=O) groups excluding carboxylic acids is 2. The van der Waals surface area contributed by atoms with Crippen LogP contribution in [0.15, 0.2) is 29.4 Å². The number of hydrogen-bond acceptors (Lipinski definition) is 6. The van der Waals surface area contributed by atoms with Gasteiger partial charge in [0.2, 0.25) is 5.91 Å². The van der Waals surface area contributed by atoms with Gasteiger partial charge in [-0.05, 0) is 51.0 Å². The van der Waals surface area contributed by atoms with Gasteiger partial charge in [-0.2, -0.15) is 5.10 Å². The fourth-order valence-electron chi connectivity index (χ4n) is 4.52. The molecule has 3 unspecified atom stereocenters. The van der Waals surface area contributed by atoms with Crippen LogP contribution in [-0.4, -0.2) is 58.9 Å². The maximum Gasteiger partial charge on any atom is 0.268 e. The number of piperazine rings is 1. The quantitative estimate of drug-likeness (QED) is 0.806. The second-order valence-electron chi connectivity index (χ2n) is 7.49. The Morgan fingerprint density at radius 1 is 1.25 bits per heavy atom. The van der Waals surface area contributed by atoms with Crippen molar-refractivity contribution in [2.75, 3.05) is 18.5 Å². The van der Waals surface area contributed by atoms with E-state index < -0.39 is 6.17 Å². The van der Waals surface area contributed by atoms with E-state index in [9.17, 15) is 9.59 Å². The Morgan fingerprint density at radius 2 is 1.96 bits per heavy atom. The number of fused-ring (bicyclic) bond motifs is 3. The lowest BCUT2D eigenvalue weighted by molar-refractivity contribution is -0.151. The van der Waals surface area contributed by atoms with Gasteiger partial charge in [-0.15, -0.1) is 0 Å². The number of rotatable bonds is 5. The van der Waals surface area contributed by atoms with E-state index in [-0.39, 0.29) is 30.4 Å². The molecule has 8 heteroatoms. The van der Waals surface area contributed by atoms with E-state index >= 15 is 0 Å². The monoisotopic (exact) mass is 385 g/mol. The molecule has 0 aromatic heterocycles. The summed E-state index contributed by atoms with van der Waals surface area (Å²) in [7, 11) is 0. The highest BCUT2D eigenvalue weighted by Gasteiger charge is 2.50. The van der Waals surface area contributed by atoms with Crippen LogP contribution >= 0.6 is 0 Å². The number of nitrogens with one attached hydrogen (secondary N) is 2. The molecule has 150 valence electrons. The van der Waals surface area contributed by atoms with Gasteiger partial charge in [-0.25, -0.2) is 0 Å². The molecule has 2 heterocycles. The first kappa shape index (κ1) is 18.6. The van der Waals surface area contributed by atoms with Crippen LogP contribution < -0.4 is 15.5 Å². The molecule has 1 aliphatic carbocycles. The summed E-state index contributed by atoms with van der Waals surface area (Å²) < 4.78 is 5.42. The topological polar surface area (TPSA) is 86.3 Å². The lowest BCUT2D eigenvalue weighted by Crippen LogP contribution is -2.69. The molecular formula is C20H27N5O3. The number of hydrogen-bond donors (Lipinski definition) is 2. The predicted molar refractivity (Wildman–Crippen MR) is 106 cm³/mol. The van der Waals surface area contributed by atoms with Crippen LogP contribution in [0.25, 0.3) is 0 Å². The van der Waals surface area contributed by atoms with Crippen LogP contribution in [0.4, 0.5) is 5.69 Å². The molecule has 1 aromatic carbocycles. The summed E-state index contributed by atoms with van der Waals surface area (Å²) in [6.45, 7) is 4.51. The van der Waals surface area contributed by atoms with Gasteiger partial charge in [0.1, 0.15) is 18.1 Å². The summed E-state index contributed by atoms with van der Waals surface area (Å²) in [6, 6.07) is 7.52. The Balaban J connectivity index is 1.45. The molecule has 0 bridgehead atoms. The number of anilines is 1. The van der Waals surface area contributed by atoms with Gasteiger partial charge >= 0.3 is 0 Å². The number of nitrogens with zero attached hydrogens (tertiary/aromatic N) is 3. The van der Waals surface area contributed by atoms with Crippen LogP contribution in [0.5, 0.6) is 5.75 Å². The summed E-state index contributed by atoms with van der Waals surface area (Å²) in [6.07, 6.45) is 3.66. The largest absolute Gasteiger partial charge is 0.494 e. The van der Waals surface area contributed by atoms with E-state index in [2.05, 4.69) is 20.7 Å². The number of amides is 2. The van der Waals surface area contributed by atoms with Crippen LogP contribution in [0.1, 0.15) is 39.5 Å². The third-order valence-electron chi connectivity index (χ3n) is 5.73. The first-order valence-electron chi connectivity index (χ1n) is 10.00. The second-order valence-corrected chi connectivity index (χ2v) is 7.49. The van der Waals surface area contributed by atoms with E-state index in [1.165, 1.54) is 0 Å². The Hall–Kier alpha value is -2.77. The standard InChI is InChI=1S/C20H27N5O3/c1-3-28-15-10-8-14(9-11-15)21-18(26)12-24-16-6-4-5-7-17(16)25-13(2)22-23-19(25)20(24)27/h8-11,16-17,19,23H,3-7,12H2,1-2H3,(H,21,26). The molecule has 4 rings (SSSR count). The van der Waals surface area contributed by atoms with Gasteiger partial charge < -0.3 is 19.9 Å². The first-order valence-corrected chi connectivity index (χ1v) is 10.00. The number of ether oxygens (including phenoxy) is 1. The molecule has 3 aliphatic rings. The molecule has 2 aliphatic heterocycles. The van der Waals surface area contributed by atoms with Crippen molar-refractivity contribution in [1.82, 2.24) is 15.2 Å². The van der Waals surface area contributed by atoms with Crippen LogP contribution in [0, 0.1) is 0 Å². The lowest BCUT2D eigenvalue weighted by Gasteiger charge is -2.50. The molecule has 28 heavy (non-hydrogen) atoms. The smallest absolute Gasteiger partial charge is 0.268 e. The summed E-state index contributed by atoms with van der Waals surface area (Å²) in [5, 5.41) is 7.15. The molecule has 1 saturated heterocycles. The normalized spacial score (nSPS) is 26.1. The summed E-state index contributed by atoms with van der Waals surface area (Å²) in [5.41, 5.74) is 3.63. The minimum absolute atomic E-state index is 0.0497. The molecule has 2 N–H and O–H groups in total. The van der Waals surface area contributed by atoms with Crippen LogP contribution in [0.3, 0.4) is 0 Å². The highest BCUT2D eigenvalue weighted by molar-refractivity contribution is 5.97. The Bertz CT molecular complexity index is 779. The lowest BCUT2D eigenvalue weighted by atomic mass is 9.85. The minimum atomic E-state index is -0.488.